The van der Waals surface area contributed by atoms with Gasteiger partial charge in [-0.15, -0.1) is 0 Å². The van der Waals surface area contributed by atoms with Gasteiger partial charge < -0.3 is 4.74 Å². The number of rotatable bonds is 2. The number of hydrogen-bond acceptors (Lipinski definition) is 3. The summed E-state index contributed by atoms with van der Waals surface area (Å²) >= 11 is 0. The molecule has 0 aromatic carbocycles. The van der Waals surface area contributed by atoms with Crippen LogP contribution in [0.4, 0.5) is 4.39 Å². The Balaban J connectivity index is 0.000000561. The van der Waals surface area contributed by atoms with Crippen molar-refractivity contribution in [3.63, 3.8) is 0 Å². The lowest BCUT2D eigenvalue weighted by Crippen LogP contribution is -2.02. The van der Waals surface area contributed by atoms with E-state index in [4.69, 9.17) is 0 Å². The van der Waals surface area contributed by atoms with E-state index in [-0.39, 0.29) is 5.97 Å². The van der Waals surface area contributed by atoms with Crippen LogP contribution in [0.3, 0.4) is 0 Å². The third-order valence-electron chi connectivity index (χ3n) is 1.01. The molecule has 0 radical (unpaired) electrons. The van der Waals surface area contributed by atoms with Crippen molar-refractivity contribution in [2.24, 2.45) is 0 Å². The maximum Gasteiger partial charge on any atom is 0.341 e. The molecule has 0 atom stereocenters. The number of halogens is 1. The van der Waals surface area contributed by atoms with Gasteiger partial charge in [0.1, 0.15) is 0 Å². The minimum atomic E-state index is -0.337. The van der Waals surface area contributed by atoms with Gasteiger partial charge in [-0.3, -0.25) is 9.49 Å². The first-order valence-corrected chi connectivity index (χ1v) is 3.38. The molecule has 0 spiro atoms. The summed E-state index contributed by atoms with van der Waals surface area (Å²) in [6.45, 7) is 2.15. The van der Waals surface area contributed by atoms with E-state index in [1.165, 1.54) is 12.4 Å². The van der Waals surface area contributed by atoms with Crippen LogP contribution in [0.1, 0.15) is 17.3 Å². The number of alkyl halides is 1. The van der Waals surface area contributed by atoms with Gasteiger partial charge in [-0.1, -0.05) is 0 Å². The minimum absolute atomic E-state index is 0.337. The molecular formula is C7H11FN2O2. The monoisotopic (exact) mass is 174 g/mol. The fraction of sp³-hybridized carbons (Fsp3) is 0.429. The zero-order chi connectivity index (χ0) is 9.40. The van der Waals surface area contributed by atoms with Crippen LogP contribution < -0.4 is 0 Å². The summed E-state index contributed by atoms with van der Waals surface area (Å²) in [4.78, 5) is 10.8. The molecular weight excluding hydrogens is 163 g/mol. The first-order valence-electron chi connectivity index (χ1n) is 3.38. The third kappa shape index (κ3) is 3.14. The minimum Gasteiger partial charge on any atom is -0.462 e. The Bertz CT molecular complexity index is 211. The van der Waals surface area contributed by atoms with Gasteiger partial charge in [-0.05, 0) is 6.92 Å². The zero-order valence-electron chi connectivity index (χ0n) is 7.00. The first kappa shape index (κ1) is 10.6. The largest absolute Gasteiger partial charge is 0.462 e. The van der Waals surface area contributed by atoms with E-state index in [9.17, 15) is 9.18 Å². The molecule has 0 saturated heterocycles. The quantitative estimate of drug-likeness (QED) is 0.685. The third-order valence-corrected chi connectivity index (χ3v) is 1.01. The number of esters is 1. The molecule has 0 bridgehead atoms. The van der Waals surface area contributed by atoms with Gasteiger partial charge in [0.15, 0.2) is 0 Å². The molecule has 1 N–H and O–H groups in total. The molecule has 12 heavy (non-hydrogen) atoms. The van der Waals surface area contributed by atoms with E-state index < -0.39 is 0 Å². The number of nitrogens with zero attached hydrogens (tertiary/aromatic N) is 1. The van der Waals surface area contributed by atoms with Crippen molar-refractivity contribution in [1.29, 1.82) is 0 Å². The van der Waals surface area contributed by atoms with Crippen LogP contribution >= 0.6 is 0 Å². The second kappa shape index (κ2) is 6.33. The van der Waals surface area contributed by atoms with E-state index >= 15 is 0 Å². The number of hydrogen-bond donors (Lipinski definition) is 1. The predicted octanol–water partition coefficient (Wildman–Crippen LogP) is 1.17. The molecule has 1 aromatic rings. The molecule has 68 valence electrons. The number of carbonyl (C=O) groups excluding carboxylic acids is 1. The molecule has 0 saturated carbocycles. The van der Waals surface area contributed by atoms with Gasteiger partial charge in [0.25, 0.3) is 0 Å². The summed E-state index contributed by atoms with van der Waals surface area (Å²) in [6.07, 6.45) is 2.93. The Morgan fingerprint density at radius 2 is 2.42 bits per heavy atom. The topological polar surface area (TPSA) is 55.0 Å². The van der Waals surface area contributed by atoms with E-state index in [0.29, 0.717) is 19.3 Å². The first-order chi connectivity index (χ1) is 5.84. The van der Waals surface area contributed by atoms with Crippen LogP contribution in [0, 0.1) is 0 Å². The smallest absolute Gasteiger partial charge is 0.341 e. The number of H-pyrrole nitrogens is 1. The van der Waals surface area contributed by atoms with Crippen molar-refractivity contribution >= 4 is 5.97 Å². The Labute approximate surface area is 69.7 Å². The number of nitrogens with one attached hydrogen (secondary N) is 1. The normalized spacial score (nSPS) is 8.25. The lowest BCUT2D eigenvalue weighted by molar-refractivity contribution is 0.0526. The van der Waals surface area contributed by atoms with Gasteiger partial charge in [-0.2, -0.15) is 5.10 Å². The summed E-state index contributed by atoms with van der Waals surface area (Å²) in [5.41, 5.74) is 0.460. The van der Waals surface area contributed by atoms with E-state index in [0.717, 1.165) is 0 Å². The zero-order valence-corrected chi connectivity index (χ0v) is 7.00. The van der Waals surface area contributed by atoms with Crippen LogP contribution in [-0.2, 0) is 4.74 Å². The van der Waals surface area contributed by atoms with Gasteiger partial charge in [0, 0.05) is 6.20 Å². The SMILES string of the molecule is CCOC(=O)c1cn[nH]c1.CF. The Kier molecular flexibility index (Phi) is 5.60. The number of aromatic amines is 1. The highest BCUT2D eigenvalue weighted by molar-refractivity contribution is 5.88. The molecule has 1 rings (SSSR count). The van der Waals surface area contributed by atoms with Crippen LogP contribution in [-0.4, -0.2) is 30.0 Å². The highest BCUT2D eigenvalue weighted by atomic mass is 19.1. The summed E-state index contributed by atoms with van der Waals surface area (Å²) in [7, 11) is 0.500. The predicted molar refractivity (Wildman–Crippen MR) is 41.6 cm³/mol. The summed E-state index contributed by atoms with van der Waals surface area (Å²) in [5, 5.41) is 6.12. The Morgan fingerprint density at radius 3 is 2.83 bits per heavy atom. The second-order valence-electron chi connectivity index (χ2n) is 1.71. The van der Waals surface area contributed by atoms with Crippen LogP contribution in [0.25, 0.3) is 0 Å². The molecule has 1 aromatic heterocycles. The van der Waals surface area contributed by atoms with Crippen LogP contribution in [0.15, 0.2) is 12.4 Å². The lowest BCUT2D eigenvalue weighted by Gasteiger charge is -1.95. The average molecular weight is 174 g/mol. The van der Waals surface area contributed by atoms with Crippen molar-refractivity contribution in [1.82, 2.24) is 10.2 Å². The van der Waals surface area contributed by atoms with E-state index in [2.05, 4.69) is 14.9 Å². The van der Waals surface area contributed by atoms with Gasteiger partial charge >= 0.3 is 5.97 Å². The van der Waals surface area contributed by atoms with Crippen LogP contribution in [0.5, 0.6) is 0 Å². The summed E-state index contributed by atoms with van der Waals surface area (Å²) in [6, 6.07) is 0. The molecule has 0 aliphatic carbocycles. The Hall–Kier alpha value is -1.39. The molecule has 0 unspecified atom stereocenters. The summed E-state index contributed by atoms with van der Waals surface area (Å²) in [5.74, 6) is -0.337. The second-order valence-corrected chi connectivity index (χ2v) is 1.71. The van der Waals surface area contributed by atoms with Gasteiger partial charge in [0.05, 0.1) is 25.5 Å². The fourth-order valence-corrected chi connectivity index (χ4v) is 0.577. The van der Waals surface area contributed by atoms with Crippen LogP contribution in [0.2, 0.25) is 0 Å². The molecule has 0 amide bonds. The Morgan fingerprint density at radius 1 is 1.75 bits per heavy atom. The highest BCUT2D eigenvalue weighted by Gasteiger charge is 2.04. The van der Waals surface area contributed by atoms with Gasteiger partial charge in [-0.25, -0.2) is 4.79 Å². The van der Waals surface area contributed by atoms with Crippen molar-refractivity contribution in [2.75, 3.05) is 13.8 Å². The van der Waals surface area contributed by atoms with E-state index in [1.807, 2.05) is 0 Å². The van der Waals surface area contributed by atoms with Crippen molar-refractivity contribution in [3.05, 3.63) is 18.0 Å². The fourth-order valence-electron chi connectivity index (χ4n) is 0.577. The molecule has 1 heterocycles. The molecule has 0 aliphatic heterocycles. The van der Waals surface area contributed by atoms with E-state index in [1.54, 1.807) is 6.92 Å². The van der Waals surface area contributed by atoms with Crippen molar-refractivity contribution in [2.45, 2.75) is 6.92 Å². The van der Waals surface area contributed by atoms with Crippen molar-refractivity contribution < 1.29 is 13.9 Å². The van der Waals surface area contributed by atoms with Gasteiger partial charge in [0.2, 0.25) is 0 Å². The van der Waals surface area contributed by atoms with Crippen molar-refractivity contribution in [3.8, 4) is 0 Å². The maximum absolute atomic E-state index is 10.8. The maximum atomic E-state index is 10.8. The highest BCUT2D eigenvalue weighted by Crippen LogP contribution is 1.95. The standard InChI is InChI=1S/C6H8N2O2.CH3F/c1-2-10-6(9)5-3-7-8-4-5;1-2/h3-4H,2H2,1H3,(H,7,8);1H3. The molecule has 0 aliphatic rings. The number of ether oxygens (including phenoxy) is 1. The molecule has 4 nitrogen and oxygen atoms in total. The average Bonchev–Trinajstić information content (AvgIpc) is 2.60. The lowest BCUT2D eigenvalue weighted by atomic mass is 10.4. The number of aromatic nitrogens is 2. The summed E-state index contributed by atoms with van der Waals surface area (Å²) < 4.78 is 14.2. The number of carbonyl (C=O) groups is 1. The molecule has 5 heteroatoms. The molecule has 0 fully saturated rings.